The Balaban J connectivity index is 2.31. The number of halogens is 3. The zero-order chi connectivity index (χ0) is 16.8. The average Bonchev–Trinajstić information content (AvgIpc) is 2.48. The summed E-state index contributed by atoms with van der Waals surface area (Å²) in [5.74, 6) is -0.889. The van der Waals surface area contributed by atoms with Crippen LogP contribution in [0.25, 0.3) is 20.5 Å². The van der Waals surface area contributed by atoms with Crippen molar-refractivity contribution in [3.05, 3.63) is 58.3 Å². The van der Waals surface area contributed by atoms with Gasteiger partial charge in [0, 0.05) is 32.7 Å². The fraction of sp³-hybridized carbons (Fsp3) is 0.0625. The normalized spacial score (nSPS) is 11.8. The predicted molar refractivity (Wildman–Crippen MR) is 81.9 cm³/mol. The van der Waals surface area contributed by atoms with Crippen LogP contribution >= 0.6 is 11.3 Å². The molecule has 3 nitrogen and oxygen atoms in total. The number of fused-ring (bicyclic) bond motifs is 1. The molecule has 0 atom stereocenters. The number of aromatic hydroxyl groups is 2. The Morgan fingerprint density at radius 3 is 2.30 bits per heavy atom. The molecule has 0 aliphatic heterocycles. The van der Waals surface area contributed by atoms with Crippen LogP contribution in [0.15, 0.2) is 47.3 Å². The van der Waals surface area contributed by atoms with E-state index in [0.717, 1.165) is 35.6 Å². The van der Waals surface area contributed by atoms with Gasteiger partial charge >= 0.3 is 6.18 Å². The molecule has 0 fully saturated rings. The van der Waals surface area contributed by atoms with Crippen molar-refractivity contribution < 1.29 is 23.4 Å². The van der Waals surface area contributed by atoms with Crippen LogP contribution in [-0.2, 0) is 6.18 Å². The molecule has 0 amide bonds. The number of rotatable bonds is 1. The minimum atomic E-state index is -4.54. The highest BCUT2D eigenvalue weighted by atomic mass is 32.1. The van der Waals surface area contributed by atoms with Gasteiger partial charge in [-0.3, -0.25) is 4.79 Å². The lowest BCUT2D eigenvalue weighted by Crippen LogP contribution is -2.07. The van der Waals surface area contributed by atoms with Gasteiger partial charge < -0.3 is 10.2 Å². The standard InChI is InChI=1S/C16H9F3O3S/c17-16(18,19)10-4-2-1-3-8(10)14-6-11(20)9-5-12(21)13(22)7-15(9)23-14/h1-7,21-22H. The van der Waals surface area contributed by atoms with Gasteiger partial charge in [0.05, 0.1) is 5.56 Å². The minimum Gasteiger partial charge on any atom is -0.504 e. The van der Waals surface area contributed by atoms with Crippen LogP contribution in [0, 0.1) is 0 Å². The van der Waals surface area contributed by atoms with Gasteiger partial charge in [-0.2, -0.15) is 13.2 Å². The van der Waals surface area contributed by atoms with E-state index in [1.165, 1.54) is 18.2 Å². The summed E-state index contributed by atoms with van der Waals surface area (Å²) in [5, 5.41) is 19.1. The van der Waals surface area contributed by atoms with Gasteiger partial charge in [0.25, 0.3) is 0 Å². The van der Waals surface area contributed by atoms with Gasteiger partial charge in [0.15, 0.2) is 16.9 Å². The number of hydrogen-bond donors (Lipinski definition) is 2. The Morgan fingerprint density at radius 2 is 1.61 bits per heavy atom. The maximum Gasteiger partial charge on any atom is 0.417 e. The predicted octanol–water partition coefficient (Wildman–Crippen LogP) is 4.36. The molecular formula is C16H9F3O3S. The Labute approximate surface area is 131 Å². The molecule has 3 aromatic rings. The molecule has 0 radical (unpaired) electrons. The van der Waals surface area contributed by atoms with Gasteiger partial charge in [-0.25, -0.2) is 0 Å². The Morgan fingerprint density at radius 1 is 0.957 bits per heavy atom. The zero-order valence-electron chi connectivity index (χ0n) is 11.4. The maximum absolute atomic E-state index is 13.1. The fourth-order valence-electron chi connectivity index (χ4n) is 2.26. The van der Waals surface area contributed by atoms with Crippen LogP contribution in [0.5, 0.6) is 11.5 Å². The molecule has 3 rings (SSSR count). The monoisotopic (exact) mass is 338 g/mol. The summed E-state index contributed by atoms with van der Waals surface area (Å²) < 4.78 is 39.6. The third-order valence-electron chi connectivity index (χ3n) is 3.32. The van der Waals surface area contributed by atoms with E-state index in [1.54, 1.807) is 0 Å². The second kappa shape index (κ2) is 5.27. The maximum atomic E-state index is 13.1. The molecule has 0 saturated heterocycles. The molecular weight excluding hydrogens is 329 g/mol. The quantitative estimate of drug-likeness (QED) is 0.648. The van der Waals surface area contributed by atoms with Crippen molar-refractivity contribution in [1.29, 1.82) is 0 Å². The van der Waals surface area contributed by atoms with Crippen molar-refractivity contribution in [1.82, 2.24) is 0 Å². The number of phenols is 2. The average molecular weight is 338 g/mol. The summed E-state index contributed by atoms with van der Waals surface area (Å²) in [6.45, 7) is 0. The number of hydrogen-bond acceptors (Lipinski definition) is 4. The third kappa shape index (κ3) is 2.75. The molecule has 2 N–H and O–H groups in total. The van der Waals surface area contributed by atoms with Gasteiger partial charge in [-0.1, -0.05) is 18.2 Å². The zero-order valence-corrected chi connectivity index (χ0v) is 12.2. The van der Waals surface area contributed by atoms with E-state index in [-0.39, 0.29) is 15.8 Å². The van der Waals surface area contributed by atoms with Gasteiger partial charge in [0.2, 0.25) is 0 Å². The Bertz CT molecular complexity index is 961. The molecule has 0 unspecified atom stereocenters. The highest BCUT2D eigenvalue weighted by Gasteiger charge is 2.33. The number of benzene rings is 2. The lowest BCUT2D eigenvalue weighted by Gasteiger charge is -2.12. The van der Waals surface area contributed by atoms with E-state index in [9.17, 15) is 28.2 Å². The topological polar surface area (TPSA) is 57.5 Å². The fourth-order valence-corrected chi connectivity index (χ4v) is 3.39. The minimum absolute atomic E-state index is 0.100. The lowest BCUT2D eigenvalue weighted by molar-refractivity contribution is -0.137. The molecule has 0 saturated carbocycles. The first kappa shape index (κ1) is 15.4. The second-order valence-electron chi connectivity index (χ2n) is 4.86. The summed E-state index contributed by atoms with van der Waals surface area (Å²) in [7, 11) is 0. The highest BCUT2D eigenvalue weighted by molar-refractivity contribution is 7.21. The summed E-state index contributed by atoms with van der Waals surface area (Å²) in [4.78, 5) is 12.3. The smallest absolute Gasteiger partial charge is 0.417 e. The van der Waals surface area contributed by atoms with E-state index in [2.05, 4.69) is 0 Å². The Hall–Kier alpha value is -2.54. The van der Waals surface area contributed by atoms with Crippen LogP contribution in [0.2, 0.25) is 0 Å². The molecule has 1 heterocycles. The van der Waals surface area contributed by atoms with Crippen molar-refractivity contribution in [3.8, 4) is 21.9 Å². The number of phenolic OH excluding ortho intramolecular Hbond substituents is 2. The first-order chi connectivity index (χ1) is 10.8. The van der Waals surface area contributed by atoms with E-state index in [4.69, 9.17) is 0 Å². The SMILES string of the molecule is O=c1cc(-c2ccccc2C(F)(F)F)sc2cc(O)c(O)cc12. The van der Waals surface area contributed by atoms with Crippen molar-refractivity contribution >= 4 is 21.4 Å². The first-order valence-electron chi connectivity index (χ1n) is 6.44. The largest absolute Gasteiger partial charge is 0.504 e. The van der Waals surface area contributed by atoms with Gasteiger partial charge in [-0.15, -0.1) is 11.3 Å². The van der Waals surface area contributed by atoms with Crippen molar-refractivity contribution in [3.63, 3.8) is 0 Å². The van der Waals surface area contributed by atoms with E-state index in [1.807, 2.05) is 0 Å². The molecule has 1 aromatic heterocycles. The van der Waals surface area contributed by atoms with Crippen LogP contribution in [0.3, 0.4) is 0 Å². The lowest BCUT2D eigenvalue weighted by atomic mass is 10.1. The molecule has 0 bridgehead atoms. The molecule has 0 spiro atoms. The van der Waals surface area contributed by atoms with Crippen LogP contribution in [-0.4, -0.2) is 10.2 Å². The molecule has 0 aliphatic carbocycles. The van der Waals surface area contributed by atoms with Gasteiger partial charge in [-0.05, 0) is 12.1 Å². The first-order valence-corrected chi connectivity index (χ1v) is 7.25. The van der Waals surface area contributed by atoms with Crippen molar-refractivity contribution in [2.75, 3.05) is 0 Å². The second-order valence-corrected chi connectivity index (χ2v) is 5.94. The Kier molecular flexibility index (Phi) is 3.52. The summed E-state index contributed by atoms with van der Waals surface area (Å²) >= 11 is 0.936. The molecule has 2 aromatic carbocycles. The third-order valence-corrected chi connectivity index (χ3v) is 4.44. The summed E-state index contributed by atoms with van der Waals surface area (Å²) in [5.41, 5.74) is -1.46. The molecule has 0 aliphatic rings. The molecule has 7 heteroatoms. The van der Waals surface area contributed by atoms with E-state index >= 15 is 0 Å². The van der Waals surface area contributed by atoms with Crippen LogP contribution in [0.4, 0.5) is 13.2 Å². The van der Waals surface area contributed by atoms with E-state index in [0.29, 0.717) is 4.70 Å². The number of alkyl halides is 3. The van der Waals surface area contributed by atoms with Crippen molar-refractivity contribution in [2.45, 2.75) is 6.18 Å². The highest BCUT2D eigenvalue weighted by Crippen LogP contribution is 2.40. The van der Waals surface area contributed by atoms with Crippen LogP contribution < -0.4 is 5.43 Å². The molecule has 118 valence electrons. The van der Waals surface area contributed by atoms with E-state index < -0.39 is 28.7 Å². The summed E-state index contributed by atoms with van der Waals surface area (Å²) in [6, 6.07) is 8.35. The van der Waals surface area contributed by atoms with Crippen molar-refractivity contribution in [2.24, 2.45) is 0 Å². The molecule has 23 heavy (non-hydrogen) atoms. The van der Waals surface area contributed by atoms with Gasteiger partial charge in [0.1, 0.15) is 0 Å². The van der Waals surface area contributed by atoms with Crippen LogP contribution in [0.1, 0.15) is 5.56 Å². The summed E-state index contributed by atoms with van der Waals surface area (Å²) in [6.07, 6.45) is -4.54.